The van der Waals surface area contributed by atoms with E-state index in [4.69, 9.17) is 0 Å². The van der Waals surface area contributed by atoms with E-state index in [1.54, 1.807) is 6.33 Å². The Kier molecular flexibility index (Phi) is 3.59. The Bertz CT molecular complexity index is 890. The molecule has 0 unspecified atom stereocenters. The van der Waals surface area contributed by atoms with Gasteiger partial charge < -0.3 is 9.88 Å². The van der Waals surface area contributed by atoms with Crippen LogP contribution in [0.2, 0.25) is 0 Å². The van der Waals surface area contributed by atoms with Crippen molar-refractivity contribution in [1.29, 1.82) is 0 Å². The molecule has 6 nitrogen and oxygen atoms in total. The molecule has 0 saturated heterocycles. The van der Waals surface area contributed by atoms with Crippen LogP contribution in [0.15, 0.2) is 36.8 Å². The van der Waals surface area contributed by atoms with Crippen LogP contribution >= 0.6 is 0 Å². The van der Waals surface area contributed by atoms with Crippen molar-refractivity contribution in [3.05, 3.63) is 48.2 Å². The highest BCUT2D eigenvalue weighted by molar-refractivity contribution is 6.07. The maximum absolute atomic E-state index is 12.9. The average molecular weight is 323 g/mol. The van der Waals surface area contributed by atoms with E-state index in [-0.39, 0.29) is 11.9 Å². The zero-order valence-corrected chi connectivity index (χ0v) is 13.9. The van der Waals surface area contributed by atoms with Gasteiger partial charge in [0.05, 0.1) is 11.6 Å². The molecule has 1 N–H and O–H groups in total. The van der Waals surface area contributed by atoms with Crippen molar-refractivity contribution < 1.29 is 4.79 Å². The Labute approximate surface area is 140 Å². The summed E-state index contributed by atoms with van der Waals surface area (Å²) in [5.74, 6) is 1.27. The van der Waals surface area contributed by atoms with Gasteiger partial charge in [0.2, 0.25) is 0 Å². The Morgan fingerprint density at radius 1 is 1.38 bits per heavy atom. The fourth-order valence-electron chi connectivity index (χ4n) is 3.32. The number of fused-ring (bicyclic) bond motifs is 1. The topological polar surface area (TPSA) is 64.7 Å². The van der Waals surface area contributed by atoms with Crippen LogP contribution in [0.1, 0.15) is 42.0 Å². The third-order valence-electron chi connectivity index (χ3n) is 4.74. The van der Waals surface area contributed by atoms with Gasteiger partial charge >= 0.3 is 0 Å². The Morgan fingerprint density at radius 3 is 2.92 bits per heavy atom. The van der Waals surface area contributed by atoms with Crippen molar-refractivity contribution >= 4 is 16.8 Å². The van der Waals surface area contributed by atoms with Gasteiger partial charge in [-0.2, -0.15) is 5.10 Å². The average Bonchev–Trinajstić information content (AvgIpc) is 3.23. The number of nitrogens with zero attached hydrogens (tertiary/aromatic N) is 4. The smallest absolute Gasteiger partial charge is 0.254 e. The van der Waals surface area contributed by atoms with Crippen LogP contribution in [0, 0.1) is 5.92 Å². The maximum Gasteiger partial charge on any atom is 0.254 e. The fraction of sp³-hybridized carbons (Fsp3) is 0.389. The van der Waals surface area contributed by atoms with E-state index in [1.165, 1.54) is 0 Å². The molecule has 0 radical (unpaired) electrons. The molecule has 2 aromatic heterocycles. The highest BCUT2D eigenvalue weighted by Gasteiger charge is 2.36. The molecule has 2 heterocycles. The van der Waals surface area contributed by atoms with E-state index >= 15 is 0 Å². The van der Waals surface area contributed by atoms with Crippen molar-refractivity contribution in [3.8, 4) is 0 Å². The van der Waals surface area contributed by atoms with Crippen molar-refractivity contribution in [2.24, 2.45) is 13.0 Å². The number of para-hydroxylation sites is 1. The molecule has 1 aromatic carbocycles. The fourth-order valence-corrected chi connectivity index (χ4v) is 3.32. The highest BCUT2D eigenvalue weighted by Crippen LogP contribution is 2.40. The first-order valence-electron chi connectivity index (χ1n) is 8.41. The molecule has 1 aliphatic carbocycles. The van der Waals surface area contributed by atoms with Crippen molar-refractivity contribution in [2.45, 2.75) is 32.4 Å². The van der Waals surface area contributed by atoms with Crippen LogP contribution in [0.25, 0.3) is 10.9 Å². The maximum atomic E-state index is 12.9. The monoisotopic (exact) mass is 323 g/mol. The molecule has 0 aliphatic heterocycles. The lowest BCUT2D eigenvalue weighted by molar-refractivity contribution is 0.0930. The summed E-state index contributed by atoms with van der Waals surface area (Å²) < 4.78 is 3.86. The molecule has 1 amide bonds. The number of hydrogen-bond acceptors (Lipinski definition) is 3. The lowest BCUT2D eigenvalue weighted by Crippen LogP contribution is -2.32. The van der Waals surface area contributed by atoms with Gasteiger partial charge in [-0.05, 0) is 31.7 Å². The minimum Gasteiger partial charge on any atom is -0.350 e. The molecule has 1 aliphatic rings. The summed E-state index contributed by atoms with van der Waals surface area (Å²) in [6.45, 7) is 2.79. The third kappa shape index (κ3) is 2.48. The van der Waals surface area contributed by atoms with Gasteiger partial charge in [-0.3, -0.25) is 4.79 Å². The number of hydrogen-bond donors (Lipinski definition) is 1. The number of amides is 1. The summed E-state index contributed by atoms with van der Waals surface area (Å²) >= 11 is 0. The second-order valence-corrected chi connectivity index (χ2v) is 6.39. The standard InChI is InChI=1S/C18H21N5O/c1-3-23-17(19-11-20-23)16(12-8-9-12)21-18(24)14-10-22(2)15-7-5-4-6-13(14)15/h4-7,10-12,16H,3,8-9H2,1-2H3,(H,21,24)/t16-/m1/s1. The summed E-state index contributed by atoms with van der Waals surface area (Å²) in [5.41, 5.74) is 1.77. The molecular formula is C18H21N5O. The predicted molar refractivity (Wildman–Crippen MR) is 91.5 cm³/mol. The summed E-state index contributed by atoms with van der Waals surface area (Å²) in [6.07, 6.45) is 5.71. The van der Waals surface area contributed by atoms with Gasteiger partial charge in [0, 0.05) is 30.7 Å². The van der Waals surface area contributed by atoms with E-state index in [0.29, 0.717) is 11.5 Å². The van der Waals surface area contributed by atoms with Crippen LogP contribution in [0.5, 0.6) is 0 Å². The molecule has 1 atom stereocenters. The second-order valence-electron chi connectivity index (χ2n) is 6.39. The van der Waals surface area contributed by atoms with Crippen molar-refractivity contribution in [3.63, 3.8) is 0 Å². The second kappa shape index (κ2) is 5.78. The zero-order valence-electron chi connectivity index (χ0n) is 13.9. The van der Waals surface area contributed by atoms with Gasteiger partial charge in [0.25, 0.3) is 5.91 Å². The van der Waals surface area contributed by atoms with Gasteiger partial charge in [-0.25, -0.2) is 9.67 Å². The van der Waals surface area contributed by atoms with Crippen molar-refractivity contribution in [1.82, 2.24) is 24.6 Å². The first-order valence-corrected chi connectivity index (χ1v) is 8.41. The van der Waals surface area contributed by atoms with E-state index < -0.39 is 0 Å². The number of aromatic nitrogens is 4. The summed E-state index contributed by atoms with van der Waals surface area (Å²) in [7, 11) is 1.96. The lowest BCUT2D eigenvalue weighted by atomic mass is 10.1. The largest absolute Gasteiger partial charge is 0.350 e. The van der Waals surface area contributed by atoms with Crippen LogP contribution in [-0.4, -0.2) is 25.2 Å². The summed E-state index contributed by atoms with van der Waals surface area (Å²) in [6, 6.07) is 7.90. The molecule has 0 bridgehead atoms. The first kappa shape index (κ1) is 14.9. The van der Waals surface area contributed by atoms with Gasteiger partial charge in [-0.1, -0.05) is 18.2 Å². The van der Waals surface area contributed by atoms with E-state index in [2.05, 4.69) is 15.4 Å². The van der Waals surface area contributed by atoms with E-state index in [1.807, 2.05) is 53.7 Å². The molecule has 0 spiro atoms. The number of carbonyl (C=O) groups is 1. The number of nitrogens with one attached hydrogen (secondary N) is 1. The molecule has 6 heteroatoms. The highest BCUT2D eigenvalue weighted by atomic mass is 16.1. The Balaban J connectivity index is 1.66. The Hall–Kier alpha value is -2.63. The first-order chi connectivity index (χ1) is 11.7. The third-order valence-corrected chi connectivity index (χ3v) is 4.74. The lowest BCUT2D eigenvalue weighted by Gasteiger charge is -2.18. The summed E-state index contributed by atoms with van der Waals surface area (Å²) in [4.78, 5) is 17.3. The summed E-state index contributed by atoms with van der Waals surface area (Å²) in [5, 5.41) is 8.43. The quantitative estimate of drug-likeness (QED) is 0.785. The molecule has 124 valence electrons. The van der Waals surface area contributed by atoms with Gasteiger partial charge in [0.15, 0.2) is 0 Å². The number of rotatable bonds is 5. The molecule has 1 fully saturated rings. The molecule has 24 heavy (non-hydrogen) atoms. The molecule has 1 saturated carbocycles. The van der Waals surface area contributed by atoms with Crippen LogP contribution in [0.4, 0.5) is 0 Å². The van der Waals surface area contributed by atoms with Gasteiger partial charge in [0.1, 0.15) is 12.2 Å². The molecule has 4 rings (SSSR count). The van der Waals surface area contributed by atoms with E-state index in [0.717, 1.165) is 36.1 Å². The van der Waals surface area contributed by atoms with Crippen LogP contribution in [0.3, 0.4) is 0 Å². The predicted octanol–water partition coefficient (Wildman–Crippen LogP) is 2.67. The van der Waals surface area contributed by atoms with Crippen LogP contribution < -0.4 is 5.32 Å². The number of carbonyl (C=O) groups excluding carboxylic acids is 1. The SMILES string of the molecule is CCn1ncnc1[C@H](NC(=O)c1cn(C)c2ccccc12)C1CC1. The van der Waals surface area contributed by atoms with E-state index in [9.17, 15) is 4.79 Å². The normalized spacial score (nSPS) is 15.6. The van der Waals surface area contributed by atoms with Crippen molar-refractivity contribution in [2.75, 3.05) is 0 Å². The number of benzene rings is 1. The molecule has 3 aromatic rings. The minimum atomic E-state index is -0.0704. The van der Waals surface area contributed by atoms with Crippen LogP contribution in [-0.2, 0) is 13.6 Å². The molecular weight excluding hydrogens is 302 g/mol. The zero-order chi connectivity index (χ0) is 16.7. The minimum absolute atomic E-state index is 0.0469. The Morgan fingerprint density at radius 2 is 2.17 bits per heavy atom. The number of aryl methyl sites for hydroxylation is 2. The van der Waals surface area contributed by atoms with Gasteiger partial charge in [-0.15, -0.1) is 0 Å².